The highest BCUT2D eigenvalue weighted by atomic mass is 32.2. The maximum absolute atomic E-state index is 13.2. The minimum absolute atomic E-state index is 0.103. The van der Waals surface area contributed by atoms with Crippen molar-refractivity contribution >= 4 is 27.3 Å². The van der Waals surface area contributed by atoms with Crippen molar-refractivity contribution in [3.8, 4) is 0 Å². The average Bonchev–Trinajstić information content (AvgIpc) is 2.99. The Morgan fingerprint density at radius 1 is 1.12 bits per heavy atom. The molecule has 0 atom stereocenters. The molecular formula is C23H29N5O5S. The first-order chi connectivity index (χ1) is 16.0. The SMILES string of the molecule is Cc1nn(CC(=O)Nc2ccc(S(=O)(=O)NC34CC5CC(CC(C5)C3)C4)cc2)c(C)c1[N+](=O)[O-]. The Morgan fingerprint density at radius 2 is 1.68 bits per heavy atom. The lowest BCUT2D eigenvalue weighted by Crippen LogP contribution is -2.59. The molecule has 11 heteroatoms. The fraction of sp³-hybridized carbons (Fsp3) is 0.565. The van der Waals surface area contributed by atoms with Gasteiger partial charge in [-0.05, 0) is 94.4 Å². The maximum Gasteiger partial charge on any atom is 0.312 e. The molecule has 2 aromatic rings. The summed E-state index contributed by atoms with van der Waals surface area (Å²) in [5, 5.41) is 17.9. The second-order valence-electron chi connectivity index (χ2n) is 10.3. The van der Waals surface area contributed by atoms with Gasteiger partial charge in [0.25, 0.3) is 0 Å². The van der Waals surface area contributed by atoms with Crippen LogP contribution in [-0.4, -0.2) is 34.6 Å². The summed E-state index contributed by atoms with van der Waals surface area (Å²) in [7, 11) is -3.67. The molecule has 1 aromatic carbocycles. The van der Waals surface area contributed by atoms with E-state index in [1.807, 2.05) is 0 Å². The number of anilines is 1. The van der Waals surface area contributed by atoms with Crippen molar-refractivity contribution in [2.75, 3.05) is 5.32 Å². The van der Waals surface area contributed by atoms with Crippen molar-refractivity contribution in [3.05, 3.63) is 45.8 Å². The van der Waals surface area contributed by atoms with Gasteiger partial charge in [0.2, 0.25) is 15.9 Å². The molecule has 0 spiro atoms. The van der Waals surface area contributed by atoms with Crippen LogP contribution in [0.4, 0.5) is 11.4 Å². The molecule has 0 saturated heterocycles. The number of hydrogen-bond donors (Lipinski definition) is 2. The number of benzene rings is 1. The summed E-state index contributed by atoms with van der Waals surface area (Å²) >= 11 is 0. The second kappa shape index (κ2) is 8.16. The molecule has 1 heterocycles. The number of nitrogens with zero attached hydrogens (tertiary/aromatic N) is 3. The summed E-state index contributed by atoms with van der Waals surface area (Å²) in [6, 6.07) is 6.09. The third-order valence-electron chi connectivity index (χ3n) is 7.66. The number of carbonyl (C=O) groups excluding carboxylic acids is 1. The van der Waals surface area contributed by atoms with Crippen LogP contribution >= 0.6 is 0 Å². The highest BCUT2D eigenvalue weighted by Crippen LogP contribution is 2.56. The van der Waals surface area contributed by atoms with Gasteiger partial charge in [0.1, 0.15) is 17.9 Å². The Balaban J connectivity index is 1.24. The molecule has 4 aliphatic carbocycles. The van der Waals surface area contributed by atoms with Gasteiger partial charge >= 0.3 is 5.69 Å². The third kappa shape index (κ3) is 4.22. The molecule has 2 N–H and O–H groups in total. The van der Waals surface area contributed by atoms with Gasteiger partial charge in [0.05, 0.1) is 9.82 Å². The van der Waals surface area contributed by atoms with Crippen LogP contribution in [0.2, 0.25) is 0 Å². The van der Waals surface area contributed by atoms with Gasteiger partial charge in [-0.1, -0.05) is 0 Å². The van der Waals surface area contributed by atoms with Gasteiger partial charge in [-0.2, -0.15) is 5.10 Å². The largest absolute Gasteiger partial charge is 0.324 e. The molecule has 4 bridgehead atoms. The van der Waals surface area contributed by atoms with Crippen molar-refractivity contribution in [1.29, 1.82) is 0 Å². The number of carbonyl (C=O) groups is 1. The van der Waals surface area contributed by atoms with E-state index < -0.39 is 20.9 Å². The van der Waals surface area contributed by atoms with Gasteiger partial charge in [-0.25, -0.2) is 13.1 Å². The predicted molar refractivity (Wildman–Crippen MR) is 125 cm³/mol. The Hall–Kier alpha value is -2.79. The van der Waals surface area contributed by atoms with Crippen LogP contribution in [0.1, 0.15) is 49.9 Å². The lowest BCUT2D eigenvalue weighted by Gasteiger charge is -2.56. The molecule has 0 radical (unpaired) electrons. The van der Waals surface area contributed by atoms with Crippen LogP contribution in [-0.2, 0) is 21.4 Å². The van der Waals surface area contributed by atoms with Crippen LogP contribution in [0.15, 0.2) is 29.2 Å². The summed E-state index contributed by atoms with van der Waals surface area (Å²) in [4.78, 5) is 23.3. The van der Waals surface area contributed by atoms with Gasteiger partial charge in [0.15, 0.2) is 0 Å². The number of aromatic nitrogens is 2. The van der Waals surface area contributed by atoms with Gasteiger partial charge in [-0.3, -0.25) is 19.6 Å². The van der Waals surface area contributed by atoms with E-state index >= 15 is 0 Å². The molecule has 4 aliphatic rings. The van der Waals surface area contributed by atoms with Crippen LogP contribution < -0.4 is 10.0 Å². The summed E-state index contributed by atoms with van der Waals surface area (Å²) in [6.07, 6.45) is 6.49. The van der Waals surface area contributed by atoms with Gasteiger partial charge < -0.3 is 5.32 Å². The second-order valence-corrected chi connectivity index (χ2v) is 12.0. The number of nitrogens with one attached hydrogen (secondary N) is 2. The lowest BCUT2D eigenvalue weighted by atomic mass is 9.53. The summed E-state index contributed by atoms with van der Waals surface area (Å²) in [5.41, 5.74) is 0.568. The molecule has 0 unspecified atom stereocenters. The summed E-state index contributed by atoms with van der Waals surface area (Å²) < 4.78 is 30.6. The zero-order valence-electron chi connectivity index (χ0n) is 19.3. The smallest absolute Gasteiger partial charge is 0.312 e. The highest BCUT2D eigenvalue weighted by molar-refractivity contribution is 7.89. The number of aryl methyl sites for hydroxylation is 1. The molecule has 4 fully saturated rings. The normalized spacial score (nSPS) is 27.6. The quantitative estimate of drug-likeness (QED) is 0.454. The van der Waals surface area contributed by atoms with Crippen LogP contribution in [0.3, 0.4) is 0 Å². The van der Waals surface area contributed by atoms with E-state index in [-0.39, 0.29) is 28.4 Å². The molecule has 34 heavy (non-hydrogen) atoms. The van der Waals surface area contributed by atoms with E-state index in [9.17, 15) is 23.3 Å². The lowest BCUT2D eigenvalue weighted by molar-refractivity contribution is -0.386. The van der Waals surface area contributed by atoms with E-state index in [1.165, 1.54) is 43.0 Å². The van der Waals surface area contributed by atoms with Crippen LogP contribution in [0.25, 0.3) is 0 Å². The first kappa shape index (κ1) is 23.0. The van der Waals surface area contributed by atoms with Crippen molar-refractivity contribution in [1.82, 2.24) is 14.5 Å². The van der Waals surface area contributed by atoms with E-state index in [0.717, 1.165) is 19.3 Å². The molecule has 0 aliphatic heterocycles. The topological polar surface area (TPSA) is 136 Å². The molecule has 10 nitrogen and oxygen atoms in total. The first-order valence-electron chi connectivity index (χ1n) is 11.7. The Kier molecular flexibility index (Phi) is 5.51. The van der Waals surface area contributed by atoms with Crippen molar-refractivity contribution in [2.45, 2.75) is 69.4 Å². The van der Waals surface area contributed by atoms with E-state index in [4.69, 9.17) is 0 Å². The standard InChI is InChI=1S/C23H29N5O5S/c1-14-22(28(30)31)15(2)27(25-14)13-21(29)24-19-3-5-20(6-4-19)34(32,33)26-23-10-16-7-17(11-23)9-18(8-16)12-23/h3-6,16-18,26H,7-13H2,1-2H3,(H,24,29). The fourth-order valence-electron chi connectivity index (χ4n) is 6.74. The Morgan fingerprint density at radius 3 is 2.18 bits per heavy atom. The molecule has 4 saturated carbocycles. The number of rotatable bonds is 7. The molecule has 1 aromatic heterocycles. The third-order valence-corrected chi connectivity index (χ3v) is 9.25. The maximum atomic E-state index is 13.2. The van der Waals surface area contributed by atoms with Crippen LogP contribution in [0.5, 0.6) is 0 Å². The highest BCUT2D eigenvalue weighted by Gasteiger charge is 2.52. The average molecular weight is 488 g/mol. The van der Waals surface area contributed by atoms with E-state index in [1.54, 1.807) is 19.1 Å². The van der Waals surface area contributed by atoms with Crippen LogP contribution in [0, 0.1) is 41.7 Å². The molecular weight excluding hydrogens is 458 g/mol. The van der Waals surface area contributed by atoms with Crippen molar-refractivity contribution in [3.63, 3.8) is 0 Å². The number of sulfonamides is 1. The van der Waals surface area contributed by atoms with E-state index in [2.05, 4.69) is 15.1 Å². The van der Waals surface area contributed by atoms with Crippen molar-refractivity contribution in [2.24, 2.45) is 17.8 Å². The number of amides is 1. The number of nitro groups is 1. The minimum Gasteiger partial charge on any atom is -0.324 e. The minimum atomic E-state index is -3.67. The number of hydrogen-bond acceptors (Lipinski definition) is 6. The molecule has 1 amide bonds. The monoisotopic (exact) mass is 487 g/mol. The Labute approximate surface area is 198 Å². The zero-order chi connectivity index (χ0) is 24.3. The van der Waals surface area contributed by atoms with E-state index in [0.29, 0.717) is 29.1 Å². The molecule has 182 valence electrons. The van der Waals surface area contributed by atoms with Crippen molar-refractivity contribution < 1.29 is 18.1 Å². The molecule has 6 rings (SSSR count). The Bertz CT molecular complexity index is 1220. The first-order valence-corrected chi connectivity index (χ1v) is 13.1. The van der Waals surface area contributed by atoms with Gasteiger partial charge in [-0.15, -0.1) is 0 Å². The van der Waals surface area contributed by atoms with Gasteiger partial charge in [0, 0.05) is 11.2 Å². The predicted octanol–water partition coefficient (Wildman–Crippen LogP) is 3.29. The fourth-order valence-corrected chi connectivity index (χ4v) is 8.17. The summed E-state index contributed by atoms with van der Waals surface area (Å²) in [6.45, 7) is 2.88. The zero-order valence-corrected chi connectivity index (χ0v) is 20.1. The summed E-state index contributed by atoms with van der Waals surface area (Å²) in [5.74, 6) is 1.49.